The summed E-state index contributed by atoms with van der Waals surface area (Å²) in [6.07, 6.45) is 4.82. The number of hydrogen-bond acceptors (Lipinski definition) is 3. The molecule has 5 nitrogen and oxygen atoms in total. The van der Waals surface area contributed by atoms with Gasteiger partial charge in [0.2, 0.25) is 0 Å². The van der Waals surface area contributed by atoms with E-state index in [2.05, 4.69) is 25.6 Å². The third-order valence-electron chi connectivity index (χ3n) is 3.61. The van der Waals surface area contributed by atoms with E-state index in [9.17, 15) is 8.42 Å². The standard InChI is InChI=1S/C12H20BrN3O2S/c1-3-16-8-12(15-9(16)2)19(17,18)14-7-10-4-5-11(13)6-10/h8,10-11,14H,3-7H2,1-2H3. The molecule has 1 heterocycles. The molecule has 19 heavy (non-hydrogen) atoms. The lowest BCUT2D eigenvalue weighted by Gasteiger charge is -2.10. The smallest absolute Gasteiger partial charge is 0.259 e. The molecule has 1 aromatic heterocycles. The number of alkyl halides is 1. The van der Waals surface area contributed by atoms with Gasteiger partial charge in [-0.25, -0.2) is 18.1 Å². The van der Waals surface area contributed by atoms with Crippen molar-refractivity contribution in [2.24, 2.45) is 5.92 Å². The van der Waals surface area contributed by atoms with Crippen molar-refractivity contribution in [3.05, 3.63) is 12.0 Å². The summed E-state index contributed by atoms with van der Waals surface area (Å²) < 4.78 is 28.8. The normalized spacial score (nSPS) is 23.9. The summed E-state index contributed by atoms with van der Waals surface area (Å²) in [5.74, 6) is 1.15. The molecule has 1 aromatic rings. The molecule has 2 atom stereocenters. The Hall–Kier alpha value is -0.400. The Balaban J connectivity index is 2.01. The highest BCUT2D eigenvalue weighted by Crippen LogP contribution is 2.30. The Morgan fingerprint density at radius 2 is 2.26 bits per heavy atom. The molecule has 0 saturated heterocycles. The van der Waals surface area contributed by atoms with E-state index in [0.29, 0.717) is 17.3 Å². The summed E-state index contributed by atoms with van der Waals surface area (Å²) in [6, 6.07) is 0. The van der Waals surface area contributed by atoms with Gasteiger partial charge in [0.05, 0.1) is 0 Å². The van der Waals surface area contributed by atoms with Gasteiger partial charge in [-0.05, 0) is 39.0 Å². The number of rotatable bonds is 5. The second-order valence-corrected chi connectivity index (χ2v) is 8.05. The lowest BCUT2D eigenvalue weighted by molar-refractivity contribution is 0.519. The van der Waals surface area contributed by atoms with E-state index in [0.717, 1.165) is 31.6 Å². The van der Waals surface area contributed by atoms with Gasteiger partial charge in [0.1, 0.15) is 5.82 Å². The monoisotopic (exact) mass is 349 g/mol. The number of imidazole rings is 1. The molecule has 0 spiro atoms. The number of halogens is 1. The summed E-state index contributed by atoms with van der Waals surface area (Å²) in [7, 11) is -3.47. The lowest BCUT2D eigenvalue weighted by atomic mass is 10.1. The fourth-order valence-electron chi connectivity index (χ4n) is 2.43. The maximum absolute atomic E-state index is 12.2. The predicted octanol–water partition coefficient (Wildman–Crippen LogP) is 2.05. The predicted molar refractivity (Wildman–Crippen MR) is 77.9 cm³/mol. The highest BCUT2D eigenvalue weighted by Gasteiger charge is 2.25. The van der Waals surface area contributed by atoms with Crippen LogP contribution >= 0.6 is 15.9 Å². The summed E-state index contributed by atoms with van der Waals surface area (Å²) >= 11 is 3.57. The Kier molecular flexibility index (Phi) is 4.68. The van der Waals surface area contributed by atoms with Crippen molar-refractivity contribution >= 4 is 26.0 Å². The van der Waals surface area contributed by atoms with E-state index < -0.39 is 10.0 Å². The molecular formula is C12H20BrN3O2S. The van der Waals surface area contributed by atoms with Crippen molar-refractivity contribution in [3.63, 3.8) is 0 Å². The minimum atomic E-state index is -3.47. The van der Waals surface area contributed by atoms with E-state index in [-0.39, 0.29) is 5.03 Å². The molecule has 108 valence electrons. The Morgan fingerprint density at radius 1 is 1.53 bits per heavy atom. The van der Waals surface area contributed by atoms with Crippen LogP contribution in [0.4, 0.5) is 0 Å². The van der Waals surface area contributed by atoms with Crippen LogP contribution in [0, 0.1) is 12.8 Å². The Bertz CT molecular complexity index is 541. The van der Waals surface area contributed by atoms with Crippen LogP contribution in [0.25, 0.3) is 0 Å². The molecular weight excluding hydrogens is 330 g/mol. The summed E-state index contributed by atoms with van der Waals surface area (Å²) in [5.41, 5.74) is 0. The van der Waals surface area contributed by atoms with Crippen LogP contribution in [0.5, 0.6) is 0 Å². The quantitative estimate of drug-likeness (QED) is 0.827. The number of nitrogens with one attached hydrogen (secondary N) is 1. The number of nitrogens with zero attached hydrogens (tertiary/aromatic N) is 2. The van der Waals surface area contributed by atoms with Crippen LogP contribution in [0.1, 0.15) is 32.0 Å². The number of hydrogen-bond donors (Lipinski definition) is 1. The second kappa shape index (κ2) is 5.93. The fourth-order valence-corrected chi connectivity index (χ4v) is 4.34. The first kappa shape index (κ1) is 15.0. The van der Waals surface area contributed by atoms with Crippen molar-refractivity contribution in [2.45, 2.75) is 49.5 Å². The third kappa shape index (κ3) is 3.58. The maximum Gasteiger partial charge on any atom is 0.259 e. The van der Waals surface area contributed by atoms with Gasteiger partial charge in [-0.3, -0.25) is 0 Å². The molecule has 0 radical (unpaired) electrons. The molecule has 1 N–H and O–H groups in total. The highest BCUT2D eigenvalue weighted by atomic mass is 79.9. The zero-order valence-corrected chi connectivity index (χ0v) is 13.7. The minimum Gasteiger partial charge on any atom is -0.334 e. The van der Waals surface area contributed by atoms with Gasteiger partial charge >= 0.3 is 0 Å². The zero-order chi connectivity index (χ0) is 14.0. The largest absolute Gasteiger partial charge is 0.334 e. The molecule has 2 unspecified atom stereocenters. The molecule has 1 aliphatic rings. The Morgan fingerprint density at radius 3 is 2.79 bits per heavy atom. The van der Waals surface area contributed by atoms with Gasteiger partial charge in [-0.1, -0.05) is 15.9 Å². The molecule has 0 amide bonds. The molecule has 1 aliphatic carbocycles. The van der Waals surface area contributed by atoms with Crippen molar-refractivity contribution < 1.29 is 8.42 Å². The first-order chi connectivity index (χ1) is 8.92. The zero-order valence-electron chi connectivity index (χ0n) is 11.3. The van der Waals surface area contributed by atoms with Crippen molar-refractivity contribution in [3.8, 4) is 0 Å². The molecule has 0 aliphatic heterocycles. The van der Waals surface area contributed by atoms with Crippen molar-refractivity contribution in [1.82, 2.24) is 14.3 Å². The highest BCUT2D eigenvalue weighted by molar-refractivity contribution is 9.09. The molecule has 0 bridgehead atoms. The van der Waals surface area contributed by atoms with E-state index in [1.807, 2.05) is 18.4 Å². The van der Waals surface area contributed by atoms with Crippen LogP contribution in [-0.2, 0) is 16.6 Å². The number of aromatic nitrogens is 2. The third-order valence-corrected chi connectivity index (χ3v) is 5.73. The Labute approximate surface area is 123 Å². The van der Waals surface area contributed by atoms with Gasteiger partial charge in [0.15, 0.2) is 5.03 Å². The van der Waals surface area contributed by atoms with Gasteiger partial charge < -0.3 is 4.57 Å². The SMILES string of the molecule is CCn1cc(S(=O)(=O)NCC2CCC(Br)C2)nc1C. The van der Waals surface area contributed by atoms with Crippen molar-refractivity contribution in [2.75, 3.05) is 6.54 Å². The average Bonchev–Trinajstić information content (AvgIpc) is 2.93. The average molecular weight is 350 g/mol. The van der Waals surface area contributed by atoms with Crippen molar-refractivity contribution in [1.29, 1.82) is 0 Å². The van der Waals surface area contributed by atoms with Crippen LogP contribution in [0.2, 0.25) is 0 Å². The van der Waals surface area contributed by atoms with Gasteiger partial charge in [-0.15, -0.1) is 0 Å². The summed E-state index contributed by atoms with van der Waals surface area (Å²) in [4.78, 5) is 4.65. The first-order valence-corrected chi connectivity index (χ1v) is 8.99. The van der Waals surface area contributed by atoms with Gasteiger partial charge in [-0.2, -0.15) is 0 Å². The van der Waals surface area contributed by atoms with Crippen LogP contribution in [0.15, 0.2) is 11.2 Å². The van der Waals surface area contributed by atoms with Crippen LogP contribution in [0.3, 0.4) is 0 Å². The first-order valence-electron chi connectivity index (χ1n) is 6.60. The summed E-state index contributed by atoms with van der Waals surface area (Å²) in [6.45, 7) is 5.01. The van der Waals surface area contributed by atoms with Gasteiger partial charge in [0.25, 0.3) is 10.0 Å². The molecule has 0 aromatic carbocycles. The van der Waals surface area contributed by atoms with E-state index in [4.69, 9.17) is 0 Å². The molecule has 1 fully saturated rings. The number of aryl methyl sites for hydroxylation is 2. The molecule has 7 heteroatoms. The maximum atomic E-state index is 12.2. The summed E-state index contributed by atoms with van der Waals surface area (Å²) in [5, 5.41) is 0.125. The number of sulfonamides is 1. The fraction of sp³-hybridized carbons (Fsp3) is 0.750. The van der Waals surface area contributed by atoms with Crippen LogP contribution in [-0.4, -0.2) is 29.3 Å². The second-order valence-electron chi connectivity index (χ2n) is 5.04. The minimum absolute atomic E-state index is 0.125. The van der Waals surface area contributed by atoms with E-state index in [1.54, 1.807) is 6.20 Å². The van der Waals surface area contributed by atoms with Gasteiger partial charge in [0, 0.05) is 24.1 Å². The van der Waals surface area contributed by atoms with Crippen LogP contribution < -0.4 is 4.72 Å². The van der Waals surface area contributed by atoms with E-state index in [1.165, 1.54) is 0 Å². The molecule has 2 rings (SSSR count). The lowest BCUT2D eigenvalue weighted by Crippen LogP contribution is -2.29. The topological polar surface area (TPSA) is 64.0 Å². The van der Waals surface area contributed by atoms with E-state index >= 15 is 0 Å². The molecule has 1 saturated carbocycles.